The van der Waals surface area contributed by atoms with Gasteiger partial charge in [-0.15, -0.1) is 35.3 Å². The molecule has 4 rings (SSSR count). The van der Waals surface area contributed by atoms with Crippen molar-refractivity contribution in [2.75, 3.05) is 17.3 Å². The summed E-state index contributed by atoms with van der Waals surface area (Å²) in [5.41, 5.74) is 6.14. The Labute approximate surface area is 259 Å². The van der Waals surface area contributed by atoms with Gasteiger partial charge in [0.2, 0.25) is 5.91 Å². The summed E-state index contributed by atoms with van der Waals surface area (Å²) < 4.78 is 1.93. The maximum absolute atomic E-state index is 12.9. The van der Waals surface area contributed by atoms with Crippen LogP contribution in [-0.4, -0.2) is 73.6 Å². The lowest BCUT2D eigenvalue weighted by Gasteiger charge is -2.49. The van der Waals surface area contributed by atoms with Gasteiger partial charge in [0.15, 0.2) is 12.4 Å². The van der Waals surface area contributed by atoms with Gasteiger partial charge in [-0.2, -0.15) is 0 Å². The van der Waals surface area contributed by atoms with E-state index < -0.39 is 35.3 Å². The normalized spacial score (nSPS) is 18.9. The van der Waals surface area contributed by atoms with Gasteiger partial charge in [0, 0.05) is 44.9 Å². The molecule has 15 heteroatoms. The van der Waals surface area contributed by atoms with Crippen LogP contribution in [-0.2, 0) is 25.7 Å². The first-order chi connectivity index (χ1) is 19.5. The number of benzene rings is 1. The zero-order valence-electron chi connectivity index (χ0n) is 21.5. The van der Waals surface area contributed by atoms with E-state index >= 15 is 0 Å². The summed E-state index contributed by atoms with van der Waals surface area (Å²) >= 11 is 16.2. The molecule has 1 fully saturated rings. The van der Waals surface area contributed by atoms with E-state index in [1.807, 2.05) is 29.1 Å². The summed E-state index contributed by atoms with van der Waals surface area (Å²) in [7, 11) is 0. The van der Waals surface area contributed by atoms with E-state index in [4.69, 9.17) is 34.0 Å². The number of hydrogen-bond acceptors (Lipinski definition) is 8. The lowest BCUT2D eigenvalue weighted by molar-refractivity contribution is -0.697. The summed E-state index contributed by atoms with van der Waals surface area (Å²) in [6.07, 6.45) is 4.74. The van der Waals surface area contributed by atoms with Crippen molar-refractivity contribution in [2.45, 2.75) is 46.6 Å². The molecule has 5 N–H and O–H groups in total. The van der Waals surface area contributed by atoms with Crippen LogP contribution in [0.15, 0.2) is 63.8 Å². The Morgan fingerprint density at radius 3 is 2.59 bits per heavy atom. The largest absolute Gasteiger partial charge is 0.480 e. The topological polar surface area (TPSA) is 154 Å². The minimum atomic E-state index is -1.18. The number of nitrogens with two attached hydrogens (primary N) is 1. The fourth-order valence-corrected chi connectivity index (χ4v) is 7.89. The molecule has 0 aliphatic carbocycles. The van der Waals surface area contributed by atoms with Crippen LogP contribution in [0.3, 0.4) is 0 Å². The molecule has 2 aromatic rings. The summed E-state index contributed by atoms with van der Waals surface area (Å²) in [4.78, 5) is 51.3. The number of halogens is 2. The number of hydrogen-bond donors (Lipinski definition) is 4. The zero-order valence-corrected chi connectivity index (χ0v) is 25.5. The minimum Gasteiger partial charge on any atom is -0.480 e. The highest BCUT2D eigenvalue weighted by Crippen LogP contribution is 2.41. The molecule has 41 heavy (non-hydrogen) atoms. The van der Waals surface area contributed by atoms with Gasteiger partial charge in [0.1, 0.15) is 29.7 Å². The Hall–Kier alpha value is -2.42. The number of pyridine rings is 1. The molecule has 3 atom stereocenters. The molecule has 218 valence electrons. The van der Waals surface area contributed by atoms with E-state index in [9.17, 15) is 24.3 Å². The number of carboxylic acid groups (broad SMARTS) is 2. The Morgan fingerprint density at radius 2 is 1.90 bits per heavy atom. The number of fused-ring (bicyclic) bond motifs is 1. The van der Waals surface area contributed by atoms with Crippen molar-refractivity contribution < 1.29 is 34.0 Å². The van der Waals surface area contributed by atoms with Crippen molar-refractivity contribution >= 4 is 82.2 Å². The van der Waals surface area contributed by atoms with Crippen molar-refractivity contribution in [3.8, 4) is 0 Å². The van der Waals surface area contributed by atoms with Crippen molar-refractivity contribution in [3.05, 3.63) is 64.0 Å². The number of nitrogens with zero attached hydrogens (tertiary/aromatic N) is 2. The van der Waals surface area contributed by atoms with E-state index in [-0.39, 0.29) is 17.4 Å². The van der Waals surface area contributed by atoms with Gasteiger partial charge >= 0.3 is 11.9 Å². The Bertz CT molecular complexity index is 1380. The third kappa shape index (κ3) is 7.90. The highest BCUT2D eigenvalue weighted by atomic mass is 35.5. The van der Waals surface area contributed by atoms with Crippen LogP contribution in [0.25, 0.3) is 0 Å². The Balaban J connectivity index is 1.31. The van der Waals surface area contributed by atoms with Gasteiger partial charge in [0.25, 0.3) is 5.91 Å². The molecule has 2 aliphatic heterocycles. The predicted octanol–water partition coefficient (Wildman–Crippen LogP) is 3.10. The standard InChI is InChI=1S/C26H26Cl2N4O6S3/c27-15-3-4-17(28)19(10-15)40-13-20(33)30-21-23(34)32-22(26(37)38)14(12-41-24(21)32)11-39-16-5-8-31(9-6-16)7-1-2-18(29)25(35)36/h3-6,8-10,18,21,24H,1-2,7,11-13,29H2,(H2-,30,33,35,36,37,38)/p+1/t18?,21-,24-/m1/s1. The van der Waals surface area contributed by atoms with Crippen molar-refractivity contribution in [1.82, 2.24) is 10.2 Å². The summed E-state index contributed by atoms with van der Waals surface area (Å²) in [6, 6.07) is 7.07. The maximum Gasteiger partial charge on any atom is 0.352 e. The SMILES string of the molecule is NC(CCC[n+]1ccc(SCC2=C(C(=O)O)N3C(=O)[C@@H](NC(=O)CSc4cc(Cl)ccc4Cl)[C@H]3SC2)cc1)C(=O)O. The minimum absolute atomic E-state index is 0.0255. The number of carbonyl (C=O) groups excluding carboxylic acids is 2. The highest BCUT2D eigenvalue weighted by molar-refractivity contribution is 8.01. The van der Waals surface area contributed by atoms with Crippen molar-refractivity contribution in [1.29, 1.82) is 0 Å². The number of amides is 2. The fourth-order valence-electron chi connectivity index (χ4n) is 4.22. The molecule has 3 heterocycles. The van der Waals surface area contributed by atoms with Gasteiger partial charge < -0.3 is 21.3 Å². The number of rotatable bonds is 13. The van der Waals surface area contributed by atoms with Crippen molar-refractivity contribution in [3.63, 3.8) is 0 Å². The van der Waals surface area contributed by atoms with Crippen LogP contribution < -0.4 is 15.6 Å². The lowest BCUT2D eigenvalue weighted by Crippen LogP contribution is -2.70. The van der Waals surface area contributed by atoms with Gasteiger partial charge in [-0.1, -0.05) is 23.2 Å². The van der Waals surface area contributed by atoms with Crippen LogP contribution in [0.1, 0.15) is 12.8 Å². The predicted molar refractivity (Wildman–Crippen MR) is 159 cm³/mol. The van der Waals surface area contributed by atoms with Crippen LogP contribution in [0.2, 0.25) is 10.0 Å². The van der Waals surface area contributed by atoms with Crippen LogP contribution >= 0.6 is 58.5 Å². The molecule has 0 saturated carbocycles. The molecule has 1 aromatic heterocycles. The fraction of sp³-hybridized carbons (Fsp3) is 0.346. The first-order valence-corrected chi connectivity index (χ1v) is 16.2. The Kier molecular flexibility index (Phi) is 10.9. The number of carbonyl (C=O) groups is 4. The highest BCUT2D eigenvalue weighted by Gasteiger charge is 2.54. The third-order valence-electron chi connectivity index (χ3n) is 6.34. The zero-order chi connectivity index (χ0) is 29.7. The number of carboxylic acids is 2. The van der Waals surface area contributed by atoms with Gasteiger partial charge in [-0.25, -0.2) is 9.36 Å². The summed E-state index contributed by atoms with van der Waals surface area (Å²) in [5, 5.41) is 22.0. The van der Waals surface area contributed by atoms with E-state index in [1.165, 1.54) is 40.2 Å². The summed E-state index contributed by atoms with van der Waals surface area (Å²) in [5.74, 6) is -2.19. The molecule has 0 spiro atoms. The number of β-lactam (4-membered cyclic amide) rings is 1. The number of aryl methyl sites for hydroxylation is 1. The molecule has 10 nitrogen and oxygen atoms in total. The van der Waals surface area contributed by atoms with Gasteiger partial charge in [0.05, 0.1) is 10.8 Å². The first kappa shape index (κ1) is 31.5. The molecule has 0 radical (unpaired) electrons. The molecule has 0 bridgehead atoms. The quantitative estimate of drug-likeness (QED) is 0.144. The molecule has 1 aromatic carbocycles. The smallest absolute Gasteiger partial charge is 0.352 e. The van der Waals surface area contributed by atoms with Crippen LogP contribution in [0, 0.1) is 0 Å². The van der Waals surface area contributed by atoms with Crippen LogP contribution in [0.4, 0.5) is 0 Å². The van der Waals surface area contributed by atoms with E-state index in [2.05, 4.69) is 5.32 Å². The number of thioether (sulfide) groups is 3. The van der Waals surface area contributed by atoms with Gasteiger partial charge in [-0.3, -0.25) is 19.3 Å². The molecule has 1 saturated heterocycles. The van der Waals surface area contributed by atoms with Gasteiger partial charge in [-0.05, 0) is 30.2 Å². The second-order valence-corrected chi connectivity index (χ2v) is 13.2. The molecule has 1 unspecified atom stereocenters. The molecule has 2 aliphatic rings. The molecular formula is C26H27Cl2N4O6S3+. The Morgan fingerprint density at radius 1 is 1.17 bits per heavy atom. The van der Waals surface area contributed by atoms with E-state index in [0.717, 1.165) is 4.90 Å². The lowest BCUT2D eigenvalue weighted by atomic mass is 10.0. The summed E-state index contributed by atoms with van der Waals surface area (Å²) in [6.45, 7) is 0.625. The second kappa shape index (κ2) is 14.2. The van der Waals surface area contributed by atoms with Crippen LogP contribution in [0.5, 0.6) is 0 Å². The van der Waals surface area contributed by atoms with E-state index in [0.29, 0.717) is 51.4 Å². The molecule has 2 amide bonds. The maximum atomic E-state index is 12.9. The monoisotopic (exact) mass is 657 g/mol. The first-order valence-electron chi connectivity index (χ1n) is 12.4. The van der Waals surface area contributed by atoms with Crippen molar-refractivity contribution in [2.24, 2.45) is 5.73 Å². The average molecular weight is 659 g/mol. The third-order valence-corrected chi connectivity index (χ3v) is 10.5. The second-order valence-electron chi connectivity index (χ2n) is 9.22. The number of aliphatic carboxylic acids is 2. The number of aromatic nitrogens is 1. The van der Waals surface area contributed by atoms with E-state index in [1.54, 1.807) is 18.2 Å². The molecular weight excluding hydrogens is 631 g/mol. The number of nitrogens with one attached hydrogen (secondary N) is 1. The average Bonchev–Trinajstić information content (AvgIpc) is 2.95.